The fraction of sp³-hybridized carbons (Fsp3) is 0.409. The first kappa shape index (κ1) is 20.0. The molecule has 0 aliphatic heterocycles. The van der Waals surface area contributed by atoms with Crippen LogP contribution in [0.5, 0.6) is 0 Å². The van der Waals surface area contributed by atoms with Crippen LogP contribution in [0.2, 0.25) is 0 Å². The lowest BCUT2D eigenvalue weighted by atomic mass is 9.94. The van der Waals surface area contributed by atoms with Gasteiger partial charge in [-0.25, -0.2) is 0 Å². The Bertz CT molecular complexity index is 695. The van der Waals surface area contributed by atoms with Crippen LogP contribution in [0.4, 0.5) is 0 Å². The van der Waals surface area contributed by atoms with Gasteiger partial charge in [-0.15, -0.1) is 0 Å². The fourth-order valence-electron chi connectivity index (χ4n) is 2.93. The van der Waals surface area contributed by atoms with Gasteiger partial charge in [0.05, 0.1) is 7.11 Å². The average Bonchev–Trinajstić information content (AvgIpc) is 3.51. The van der Waals surface area contributed by atoms with E-state index in [1.165, 1.54) is 12.6 Å². The minimum absolute atomic E-state index is 0.0664. The van der Waals surface area contributed by atoms with Crippen molar-refractivity contribution in [2.24, 2.45) is 11.7 Å². The Morgan fingerprint density at radius 1 is 1.15 bits per heavy atom. The summed E-state index contributed by atoms with van der Waals surface area (Å²) in [7, 11) is 3.19. The van der Waals surface area contributed by atoms with Crippen LogP contribution in [0.25, 0.3) is 0 Å². The zero-order valence-electron chi connectivity index (χ0n) is 16.0. The lowest BCUT2D eigenvalue weighted by Gasteiger charge is -2.20. The highest BCUT2D eigenvalue weighted by atomic mass is 16.5. The first-order valence-electron chi connectivity index (χ1n) is 9.15. The van der Waals surface area contributed by atoms with Crippen LogP contribution in [-0.2, 0) is 20.9 Å². The zero-order chi connectivity index (χ0) is 18.9. The molecule has 0 bridgehead atoms. The number of benzene rings is 1. The first-order chi connectivity index (χ1) is 12.7. The maximum absolute atomic E-state index is 12.7. The van der Waals surface area contributed by atoms with Gasteiger partial charge < -0.3 is 15.2 Å². The highest BCUT2D eigenvalue weighted by Crippen LogP contribution is 2.38. The monoisotopic (exact) mass is 355 g/mol. The Hall–Kier alpha value is -2.33. The number of nitrogens with two attached hydrogens (primary N) is 1. The second kappa shape index (κ2) is 9.97. The number of ketones is 1. The van der Waals surface area contributed by atoms with E-state index in [0.29, 0.717) is 18.3 Å². The van der Waals surface area contributed by atoms with Gasteiger partial charge in [0.1, 0.15) is 12.4 Å². The van der Waals surface area contributed by atoms with Crippen LogP contribution in [-0.4, -0.2) is 19.9 Å². The number of hydrogen-bond acceptors (Lipinski definition) is 4. The Morgan fingerprint density at radius 3 is 2.46 bits per heavy atom. The summed E-state index contributed by atoms with van der Waals surface area (Å²) in [5.74, 6) is 1.62. The molecule has 2 N–H and O–H groups in total. The molecule has 2 aliphatic rings. The molecule has 26 heavy (non-hydrogen) atoms. The summed E-state index contributed by atoms with van der Waals surface area (Å²) < 4.78 is 11.6. The molecule has 0 spiro atoms. The van der Waals surface area contributed by atoms with E-state index in [0.717, 1.165) is 42.6 Å². The van der Waals surface area contributed by atoms with Gasteiger partial charge in [-0.1, -0.05) is 43.3 Å². The largest absolute Gasteiger partial charge is 0.496 e. The van der Waals surface area contributed by atoms with Crippen LogP contribution in [0.1, 0.15) is 38.2 Å². The van der Waals surface area contributed by atoms with Crippen LogP contribution >= 0.6 is 0 Å². The van der Waals surface area contributed by atoms with E-state index in [-0.39, 0.29) is 5.78 Å². The second-order valence-electron chi connectivity index (χ2n) is 6.46. The van der Waals surface area contributed by atoms with Crippen molar-refractivity contribution in [1.82, 2.24) is 0 Å². The molecule has 4 heteroatoms. The minimum atomic E-state index is -0.0664. The number of methoxy groups -OCH3 is 1. The molecule has 1 unspecified atom stereocenters. The lowest BCUT2D eigenvalue weighted by molar-refractivity contribution is -0.115. The molecule has 1 fully saturated rings. The molecule has 1 aromatic rings. The van der Waals surface area contributed by atoms with E-state index in [4.69, 9.17) is 9.47 Å². The predicted molar refractivity (Wildman–Crippen MR) is 104 cm³/mol. The van der Waals surface area contributed by atoms with Gasteiger partial charge in [0.25, 0.3) is 0 Å². The summed E-state index contributed by atoms with van der Waals surface area (Å²) in [6.07, 6.45) is 7.51. The maximum Gasteiger partial charge on any atom is 0.220 e. The van der Waals surface area contributed by atoms with E-state index >= 15 is 0 Å². The van der Waals surface area contributed by atoms with Crippen molar-refractivity contribution in [3.8, 4) is 0 Å². The third-order valence-corrected chi connectivity index (χ3v) is 4.45. The summed E-state index contributed by atoms with van der Waals surface area (Å²) in [5.41, 5.74) is 7.77. The Kier molecular flexibility index (Phi) is 7.67. The number of ether oxygens (including phenoxy) is 2. The topological polar surface area (TPSA) is 61.6 Å². The highest BCUT2D eigenvalue weighted by molar-refractivity contribution is 6.03. The molecule has 4 nitrogen and oxygen atoms in total. The molecular weight excluding hydrogens is 326 g/mol. The van der Waals surface area contributed by atoms with Crippen molar-refractivity contribution in [1.29, 1.82) is 0 Å². The van der Waals surface area contributed by atoms with Gasteiger partial charge in [-0.3, -0.25) is 4.79 Å². The van der Waals surface area contributed by atoms with Crippen molar-refractivity contribution in [2.75, 3.05) is 14.2 Å². The third-order valence-electron chi connectivity index (χ3n) is 4.45. The Labute approximate surface area is 156 Å². The SMILES string of the molecule is CN.COC(=C1CC1)/C1=C(\OCc2ccccc2)C(=O)/C=C\C(C)CC1. The van der Waals surface area contributed by atoms with Gasteiger partial charge in [-0.05, 0) is 55.9 Å². The standard InChI is InChI=1S/C21H24O3.CH5N/c1-15-8-12-18(20(23-2)17-10-11-17)21(19(22)13-9-15)24-14-16-6-4-3-5-7-16;1-2/h3-7,9,13,15H,8,10-12,14H2,1-2H3;2H2,1H3/b13-9-,21-18-;. The quantitative estimate of drug-likeness (QED) is 0.801. The molecule has 0 saturated heterocycles. The van der Waals surface area contributed by atoms with Crippen molar-refractivity contribution in [3.63, 3.8) is 0 Å². The van der Waals surface area contributed by atoms with E-state index in [9.17, 15) is 4.79 Å². The molecule has 3 rings (SSSR count). The zero-order valence-corrected chi connectivity index (χ0v) is 16.0. The number of hydrogen-bond donors (Lipinski definition) is 1. The van der Waals surface area contributed by atoms with Gasteiger partial charge >= 0.3 is 0 Å². The molecule has 0 amide bonds. The molecule has 0 heterocycles. The maximum atomic E-state index is 12.7. The molecule has 140 valence electrons. The van der Waals surface area contributed by atoms with Crippen LogP contribution < -0.4 is 5.73 Å². The minimum Gasteiger partial charge on any atom is -0.496 e. The molecule has 1 aromatic carbocycles. The van der Waals surface area contributed by atoms with Gasteiger partial charge in [-0.2, -0.15) is 0 Å². The summed E-state index contributed by atoms with van der Waals surface area (Å²) in [5, 5.41) is 0. The van der Waals surface area contributed by atoms with E-state index in [1.54, 1.807) is 13.2 Å². The Balaban J connectivity index is 0.00000117. The lowest BCUT2D eigenvalue weighted by Crippen LogP contribution is -2.13. The molecule has 1 atom stereocenters. The fourth-order valence-corrected chi connectivity index (χ4v) is 2.93. The van der Waals surface area contributed by atoms with Crippen LogP contribution in [0.3, 0.4) is 0 Å². The highest BCUT2D eigenvalue weighted by Gasteiger charge is 2.27. The van der Waals surface area contributed by atoms with Gasteiger partial charge in [0.2, 0.25) is 5.78 Å². The summed E-state index contributed by atoms with van der Waals surface area (Å²) >= 11 is 0. The normalized spacial score (nSPS) is 23.2. The van der Waals surface area contributed by atoms with E-state index in [1.807, 2.05) is 36.4 Å². The molecule has 0 aromatic heterocycles. The van der Waals surface area contributed by atoms with Crippen molar-refractivity contribution in [3.05, 3.63) is 70.7 Å². The van der Waals surface area contributed by atoms with Crippen LogP contribution in [0, 0.1) is 5.92 Å². The van der Waals surface area contributed by atoms with Crippen molar-refractivity contribution in [2.45, 2.75) is 39.2 Å². The summed E-state index contributed by atoms with van der Waals surface area (Å²) in [4.78, 5) is 12.7. The van der Waals surface area contributed by atoms with E-state index in [2.05, 4.69) is 12.7 Å². The summed E-state index contributed by atoms with van der Waals surface area (Å²) in [6, 6.07) is 9.93. The van der Waals surface area contributed by atoms with Crippen molar-refractivity contribution < 1.29 is 14.3 Å². The number of rotatable bonds is 5. The molecule has 1 saturated carbocycles. The molecule has 2 aliphatic carbocycles. The van der Waals surface area contributed by atoms with Crippen molar-refractivity contribution >= 4 is 5.78 Å². The van der Waals surface area contributed by atoms with Gasteiger partial charge in [0, 0.05) is 5.57 Å². The summed E-state index contributed by atoms with van der Waals surface area (Å²) in [6.45, 7) is 2.52. The smallest absolute Gasteiger partial charge is 0.220 e. The van der Waals surface area contributed by atoms with E-state index < -0.39 is 0 Å². The number of carbonyl (C=O) groups excluding carboxylic acids is 1. The molecular formula is C22H29NO3. The predicted octanol–water partition coefficient (Wildman–Crippen LogP) is 4.28. The average molecular weight is 355 g/mol. The second-order valence-corrected chi connectivity index (χ2v) is 6.46. The number of carbonyl (C=O) groups is 1. The first-order valence-corrected chi connectivity index (χ1v) is 9.15. The Morgan fingerprint density at radius 2 is 1.85 bits per heavy atom. The number of allylic oxidation sites excluding steroid dienone is 4. The van der Waals surface area contributed by atoms with Gasteiger partial charge in [0.15, 0.2) is 5.76 Å². The molecule has 0 radical (unpaired) electrons. The van der Waals surface area contributed by atoms with Crippen LogP contribution in [0.15, 0.2) is 65.1 Å². The third kappa shape index (κ3) is 5.33.